The second-order valence-electron chi connectivity index (χ2n) is 20.4. The van der Waals surface area contributed by atoms with Crippen molar-refractivity contribution in [2.24, 2.45) is 0 Å². The van der Waals surface area contributed by atoms with Gasteiger partial charge in [-0.2, -0.15) is 5.26 Å². The Labute approximate surface area is 622 Å². The molecular weight excluding hydrogens is 1720 g/mol. The number of carbonyl (C=O) groups is 5. The van der Waals surface area contributed by atoms with Crippen LogP contribution in [0.15, 0.2) is 148 Å². The fourth-order valence-corrected chi connectivity index (χ4v) is 13.7. The van der Waals surface area contributed by atoms with Gasteiger partial charge in [0.05, 0.1) is 72.0 Å². The minimum atomic E-state index is -1.14. The first kappa shape index (κ1) is 80.9. The van der Waals surface area contributed by atoms with Crippen molar-refractivity contribution in [3.05, 3.63) is 226 Å². The van der Waals surface area contributed by atoms with Crippen LogP contribution < -0.4 is 45.5 Å². The molecule has 0 unspecified atom stereocenters. The Hall–Kier alpha value is -7.75. The van der Waals surface area contributed by atoms with E-state index >= 15 is 0 Å². The maximum Gasteiger partial charge on any atom is 0.322 e. The van der Waals surface area contributed by atoms with E-state index in [0.717, 1.165) is 16.8 Å². The SMILES string of the molecule is CNc1cc(C#N)cc(COc2c(Br)cc(CC(=O)O)cc2Br)c1.CNc1cccc(COc2c(Br)cc(C(=O)NCC(=O)O)cc2Br)c1F.CNc1cccc(COc2c(Br)cc(CCC(=O)O)cc2Br)c1F.CNc1cccc(COc2c(Cl)cc(CCC(=O)O)cc2Cl)c1F. The van der Waals surface area contributed by atoms with E-state index in [1.54, 1.807) is 119 Å². The number of carboxylic acid groups (broad SMARTS) is 4. The summed E-state index contributed by atoms with van der Waals surface area (Å²) in [5.74, 6) is -3.68. The lowest BCUT2D eigenvalue weighted by molar-refractivity contribution is -0.138. The van der Waals surface area contributed by atoms with Crippen LogP contribution in [0.25, 0.3) is 0 Å². The van der Waals surface area contributed by atoms with Gasteiger partial charge in [-0.15, -0.1) is 0 Å². The Balaban J connectivity index is 0.000000236. The number of nitriles is 1. The Bertz CT molecular complexity index is 4020. The lowest BCUT2D eigenvalue weighted by atomic mass is 10.1. The van der Waals surface area contributed by atoms with Gasteiger partial charge in [-0.05, 0) is 216 Å². The number of aliphatic carboxylic acids is 4. The molecule has 0 spiro atoms. The number of carboxylic acids is 4. The maximum atomic E-state index is 14.2. The highest BCUT2D eigenvalue weighted by atomic mass is 79.9. The average Bonchev–Trinajstić information content (AvgIpc) is 0.841. The van der Waals surface area contributed by atoms with Crippen molar-refractivity contribution in [1.82, 2.24) is 5.32 Å². The molecule has 0 fully saturated rings. The molecule has 0 bridgehead atoms. The molecule has 98 heavy (non-hydrogen) atoms. The molecule has 8 aromatic carbocycles. The molecule has 0 aromatic heterocycles. The highest BCUT2D eigenvalue weighted by molar-refractivity contribution is 9.12. The molecule has 0 radical (unpaired) electrons. The van der Waals surface area contributed by atoms with Crippen molar-refractivity contribution >= 4 is 171 Å². The summed E-state index contributed by atoms with van der Waals surface area (Å²) >= 11 is 32.6. The van der Waals surface area contributed by atoms with Crippen LogP contribution in [0, 0.1) is 28.8 Å². The summed E-state index contributed by atoms with van der Waals surface area (Å²) in [6, 6.07) is 35.8. The fraction of sp³-hybridized carbons (Fsp3) is 0.206. The van der Waals surface area contributed by atoms with Gasteiger partial charge in [0.2, 0.25) is 0 Å². The fourth-order valence-electron chi connectivity index (χ4n) is 8.65. The molecule has 30 heteroatoms. The molecule has 9 N–H and O–H groups in total. The van der Waals surface area contributed by atoms with Gasteiger partial charge in [0.1, 0.15) is 50.2 Å². The van der Waals surface area contributed by atoms with Gasteiger partial charge in [0, 0.05) is 69.0 Å². The Kier molecular flexibility index (Phi) is 33.3. The lowest BCUT2D eigenvalue weighted by Crippen LogP contribution is -2.29. The predicted octanol–water partition coefficient (Wildman–Crippen LogP) is 17.9. The number of hydrogen-bond acceptors (Lipinski definition) is 14. The molecule has 8 aromatic rings. The number of rotatable bonds is 27. The van der Waals surface area contributed by atoms with Gasteiger partial charge >= 0.3 is 23.9 Å². The quantitative estimate of drug-likeness (QED) is 0.0231. The first-order chi connectivity index (χ1) is 46.6. The van der Waals surface area contributed by atoms with E-state index in [2.05, 4.69) is 128 Å². The normalized spacial score (nSPS) is 10.3. The number of amides is 1. The largest absolute Gasteiger partial charge is 0.487 e. The van der Waals surface area contributed by atoms with Crippen molar-refractivity contribution in [2.75, 3.05) is 56.0 Å². The summed E-state index contributed by atoms with van der Waals surface area (Å²) in [4.78, 5) is 54.6. The number of hydrogen-bond donors (Lipinski definition) is 9. The van der Waals surface area contributed by atoms with Crippen LogP contribution in [0.3, 0.4) is 0 Å². The van der Waals surface area contributed by atoms with Crippen LogP contribution in [0.1, 0.15) is 67.7 Å². The Morgan fingerprint density at radius 1 is 0.459 bits per heavy atom. The molecule has 0 saturated heterocycles. The highest BCUT2D eigenvalue weighted by Gasteiger charge is 2.19. The molecular formula is C68H61Br6Cl2F3N6O13. The summed E-state index contributed by atoms with van der Waals surface area (Å²) in [7, 11) is 6.71. The van der Waals surface area contributed by atoms with Gasteiger partial charge in [0.25, 0.3) is 5.91 Å². The first-order valence-electron chi connectivity index (χ1n) is 28.8. The van der Waals surface area contributed by atoms with Crippen LogP contribution in [0.4, 0.5) is 35.9 Å². The molecule has 19 nitrogen and oxygen atoms in total. The van der Waals surface area contributed by atoms with Crippen molar-refractivity contribution in [3.8, 4) is 29.1 Å². The number of nitrogens with one attached hydrogen (secondary N) is 5. The van der Waals surface area contributed by atoms with Crippen LogP contribution in [-0.4, -0.2) is 84.9 Å². The van der Waals surface area contributed by atoms with Crippen molar-refractivity contribution in [1.29, 1.82) is 5.26 Å². The second kappa shape index (κ2) is 40.3. The summed E-state index contributed by atoms with van der Waals surface area (Å²) in [6.45, 7) is -0.168. The smallest absolute Gasteiger partial charge is 0.322 e. The summed E-state index contributed by atoms with van der Waals surface area (Å²) in [6.07, 6.45) is 0.711. The van der Waals surface area contributed by atoms with Gasteiger partial charge in [-0.25, -0.2) is 13.2 Å². The second-order valence-corrected chi connectivity index (χ2v) is 26.3. The van der Waals surface area contributed by atoms with Gasteiger partial charge in [0.15, 0.2) is 23.2 Å². The van der Waals surface area contributed by atoms with E-state index in [4.69, 9.17) is 67.8 Å². The molecule has 0 aliphatic heterocycles. The lowest BCUT2D eigenvalue weighted by Gasteiger charge is -2.13. The van der Waals surface area contributed by atoms with Crippen molar-refractivity contribution in [2.45, 2.75) is 58.5 Å². The summed E-state index contributed by atoms with van der Waals surface area (Å²) < 4.78 is 69.0. The third kappa shape index (κ3) is 25.2. The Morgan fingerprint density at radius 3 is 1.20 bits per heavy atom. The molecule has 1 amide bonds. The third-order valence-electron chi connectivity index (χ3n) is 13.4. The minimum absolute atomic E-state index is 0.0108. The number of benzene rings is 8. The number of ether oxygens (including phenoxy) is 4. The van der Waals surface area contributed by atoms with Crippen molar-refractivity contribution in [3.63, 3.8) is 0 Å². The van der Waals surface area contributed by atoms with E-state index in [9.17, 15) is 37.1 Å². The number of halogens is 11. The average molecular weight is 1780 g/mol. The summed E-state index contributed by atoms with van der Waals surface area (Å²) in [5, 5.41) is 58.1. The monoisotopic (exact) mass is 1770 g/mol. The first-order valence-corrected chi connectivity index (χ1v) is 34.3. The number of aryl methyl sites for hydroxylation is 2. The number of carbonyl (C=O) groups excluding carboxylic acids is 1. The molecule has 0 heterocycles. The topological polar surface area (TPSA) is 287 Å². The predicted molar refractivity (Wildman–Crippen MR) is 391 cm³/mol. The highest BCUT2D eigenvalue weighted by Crippen LogP contribution is 2.40. The molecule has 0 aliphatic carbocycles. The van der Waals surface area contributed by atoms with Crippen LogP contribution in [0.5, 0.6) is 23.0 Å². The van der Waals surface area contributed by atoms with Crippen LogP contribution in [-0.2, 0) is 64.9 Å². The van der Waals surface area contributed by atoms with Crippen LogP contribution in [0.2, 0.25) is 10.0 Å². The van der Waals surface area contributed by atoms with Crippen molar-refractivity contribution < 1.29 is 76.5 Å². The minimum Gasteiger partial charge on any atom is -0.487 e. The molecule has 518 valence electrons. The zero-order valence-corrected chi connectivity index (χ0v) is 63.2. The molecule has 0 aliphatic rings. The standard InChI is InChI=1S/C17H15Br2FN2O4.C17H16Br2FNO3.C17H14Br2N2O3.C17H16Cl2FNO3/c1-21-13-4-2-3-9(15(13)20)8-26-16-11(18)5-10(6-12(16)19)17(25)22-7-14(23)24;1-21-14-4-2-3-11(16(14)20)9-24-17-12(18)7-10(8-13(17)19)5-6-15(22)23;1-21-13-3-11(8-20)2-12(4-13)9-24-17-14(18)5-10(6-15(17)19)7-16(22)23;1-21-14-4-2-3-11(16(14)20)9-24-17-12(18)7-10(8-13(17)19)5-6-15(22)23/h2-6,21H,7-8H2,1H3,(H,22,25)(H,23,24);2-4,7-8,21H,5-6,9H2,1H3,(H,22,23);2-6,21H,7,9H2,1H3,(H,22,23);2-4,7-8,21H,5-6,9H2,1H3,(H,22,23). The molecule has 8 rings (SSSR count). The Morgan fingerprint density at radius 2 is 0.837 bits per heavy atom. The van der Waals surface area contributed by atoms with E-state index in [0.29, 0.717) is 107 Å². The molecule has 0 atom stereocenters. The zero-order valence-electron chi connectivity index (χ0n) is 52.2. The third-order valence-corrected chi connectivity index (χ3v) is 17.5. The van der Waals surface area contributed by atoms with Crippen LogP contribution >= 0.6 is 119 Å². The zero-order chi connectivity index (χ0) is 72.3. The molecule has 0 saturated carbocycles. The number of anilines is 4. The van der Waals surface area contributed by atoms with E-state index in [1.807, 2.05) is 18.2 Å². The van der Waals surface area contributed by atoms with Gasteiger partial charge < -0.3 is 66.0 Å². The summed E-state index contributed by atoms with van der Waals surface area (Å²) in [5.41, 5.74) is 7.06. The van der Waals surface area contributed by atoms with E-state index < -0.39 is 48.0 Å². The van der Waals surface area contributed by atoms with E-state index in [-0.39, 0.29) is 72.9 Å². The number of nitrogens with zero attached hydrogens (tertiary/aromatic N) is 1. The van der Waals surface area contributed by atoms with E-state index in [1.165, 1.54) is 12.1 Å². The van der Waals surface area contributed by atoms with Gasteiger partial charge in [-0.3, -0.25) is 24.0 Å². The maximum absolute atomic E-state index is 14.2. The van der Waals surface area contributed by atoms with Gasteiger partial charge in [-0.1, -0.05) is 59.6 Å².